The van der Waals surface area contributed by atoms with E-state index >= 15 is 0 Å². The second kappa shape index (κ2) is 12.1. The lowest BCUT2D eigenvalue weighted by Gasteiger charge is -2.37. The molecule has 0 aliphatic heterocycles. The van der Waals surface area contributed by atoms with Crippen molar-refractivity contribution in [3.8, 4) is 0 Å². The molecule has 0 saturated carbocycles. The fourth-order valence-electron chi connectivity index (χ4n) is 1.39. The summed E-state index contributed by atoms with van der Waals surface area (Å²) in [5.74, 6) is -0.532. The monoisotopic (exact) mass is 316 g/mol. The lowest BCUT2D eigenvalue weighted by Crippen LogP contribution is -2.48. The van der Waals surface area contributed by atoms with Crippen LogP contribution in [0.4, 0.5) is 0 Å². The molecule has 3 nitrogen and oxygen atoms in total. The SMILES string of the molecule is C.C.C.C.C.CO[Si](C)(C)OC(C)(C)O[Si](C)(C)C. The van der Waals surface area contributed by atoms with Crippen molar-refractivity contribution in [2.45, 2.75) is 89.5 Å². The maximum atomic E-state index is 5.93. The van der Waals surface area contributed by atoms with Crippen molar-refractivity contribution < 1.29 is 13.3 Å². The van der Waals surface area contributed by atoms with E-state index in [1.54, 1.807) is 7.11 Å². The van der Waals surface area contributed by atoms with Gasteiger partial charge in [-0.3, -0.25) is 0 Å². The molecule has 0 aromatic carbocycles. The minimum Gasteiger partial charge on any atom is -0.398 e. The van der Waals surface area contributed by atoms with E-state index < -0.39 is 22.7 Å². The zero-order valence-corrected chi connectivity index (χ0v) is 12.7. The van der Waals surface area contributed by atoms with E-state index in [0.29, 0.717) is 0 Å². The van der Waals surface area contributed by atoms with Crippen molar-refractivity contribution in [1.82, 2.24) is 0 Å². The van der Waals surface area contributed by atoms with Gasteiger partial charge in [0, 0.05) is 7.11 Å². The molecule has 126 valence electrons. The van der Waals surface area contributed by atoms with Gasteiger partial charge >= 0.3 is 8.56 Å². The highest BCUT2D eigenvalue weighted by Crippen LogP contribution is 2.23. The second-order valence-corrected chi connectivity index (χ2v) is 13.2. The highest BCUT2D eigenvalue weighted by molar-refractivity contribution is 6.70. The first kappa shape index (κ1) is 36.5. The van der Waals surface area contributed by atoms with Gasteiger partial charge < -0.3 is 13.3 Å². The maximum Gasteiger partial charge on any atom is 0.333 e. The smallest absolute Gasteiger partial charge is 0.333 e. The van der Waals surface area contributed by atoms with Crippen LogP contribution in [0.5, 0.6) is 0 Å². The van der Waals surface area contributed by atoms with Crippen molar-refractivity contribution in [2.24, 2.45) is 0 Å². The van der Waals surface area contributed by atoms with Gasteiger partial charge in [-0.2, -0.15) is 0 Å². The third kappa shape index (κ3) is 20.8. The molecule has 0 heterocycles. The molecule has 0 spiro atoms. The quantitative estimate of drug-likeness (QED) is 0.452. The van der Waals surface area contributed by atoms with E-state index in [-0.39, 0.29) is 37.1 Å². The van der Waals surface area contributed by atoms with Gasteiger partial charge in [0.2, 0.25) is 0 Å². The zero-order valence-electron chi connectivity index (χ0n) is 10.7. The Balaban J connectivity index is -0.0000000845. The van der Waals surface area contributed by atoms with Gasteiger partial charge in [0.05, 0.1) is 0 Å². The summed E-state index contributed by atoms with van der Waals surface area (Å²) in [5, 5.41) is 0. The normalized spacial score (nSPS) is 10.7. The van der Waals surface area contributed by atoms with Gasteiger partial charge in [-0.1, -0.05) is 37.1 Å². The molecule has 0 atom stereocenters. The molecular weight excluding hydrogens is 272 g/mol. The van der Waals surface area contributed by atoms with E-state index in [9.17, 15) is 0 Å². The van der Waals surface area contributed by atoms with E-state index in [4.69, 9.17) is 13.3 Å². The first-order valence-electron chi connectivity index (χ1n) is 4.93. The topological polar surface area (TPSA) is 27.7 Å². The third-order valence-corrected chi connectivity index (χ3v) is 4.61. The molecule has 0 fully saturated rings. The van der Waals surface area contributed by atoms with Gasteiger partial charge in [0.15, 0.2) is 8.32 Å². The molecule has 0 aliphatic rings. The summed E-state index contributed by atoms with van der Waals surface area (Å²) in [6, 6.07) is 0. The maximum absolute atomic E-state index is 5.93. The molecule has 0 amide bonds. The molecule has 0 N–H and O–H groups in total. The minimum atomic E-state index is -2.02. The highest BCUT2D eigenvalue weighted by Gasteiger charge is 2.35. The van der Waals surface area contributed by atoms with Gasteiger partial charge in [0.1, 0.15) is 5.79 Å². The zero-order chi connectivity index (χ0) is 11.6. The Morgan fingerprint density at radius 3 is 1.21 bits per heavy atom. The highest BCUT2D eigenvalue weighted by atomic mass is 28.4. The molecule has 0 unspecified atom stereocenters. The molecule has 0 radical (unpaired) electrons. The molecule has 0 aromatic heterocycles. The molecule has 0 saturated heterocycles. The average molecular weight is 317 g/mol. The van der Waals surface area contributed by atoms with Crippen LogP contribution in [-0.2, 0) is 13.3 Å². The fraction of sp³-hybridized carbons (Fsp3) is 1.00. The van der Waals surface area contributed by atoms with Crippen LogP contribution in [0.1, 0.15) is 51.0 Å². The van der Waals surface area contributed by atoms with Crippen molar-refractivity contribution in [3.63, 3.8) is 0 Å². The molecule has 0 aromatic rings. The Bertz CT molecular complexity index is 188. The summed E-state index contributed by atoms with van der Waals surface area (Å²) in [7, 11) is -1.89. The van der Waals surface area contributed by atoms with Crippen LogP contribution < -0.4 is 0 Å². The molecule has 0 bridgehead atoms. The van der Waals surface area contributed by atoms with Crippen molar-refractivity contribution in [1.29, 1.82) is 0 Å². The summed E-state index contributed by atoms with van der Waals surface area (Å²) < 4.78 is 17.2. The van der Waals surface area contributed by atoms with Crippen molar-refractivity contribution in [3.05, 3.63) is 0 Å². The largest absolute Gasteiger partial charge is 0.398 e. The minimum absolute atomic E-state index is 0. The summed E-state index contributed by atoms with van der Waals surface area (Å²) in [6.07, 6.45) is 0. The standard InChI is InChI=1S/C9H24O3Si2.5CH4/c1-9(2,11-13(4,5)6)12-14(7,8)10-3;;;;;/h1-8H3;5*1H4. The van der Waals surface area contributed by atoms with Crippen LogP contribution in [0.3, 0.4) is 0 Å². The molecule has 19 heavy (non-hydrogen) atoms. The lowest BCUT2D eigenvalue weighted by molar-refractivity contribution is -0.108. The second-order valence-electron chi connectivity index (χ2n) is 5.32. The van der Waals surface area contributed by atoms with E-state index in [1.165, 1.54) is 0 Å². The van der Waals surface area contributed by atoms with Crippen LogP contribution in [0.15, 0.2) is 0 Å². The van der Waals surface area contributed by atoms with Crippen molar-refractivity contribution >= 4 is 16.9 Å². The predicted molar refractivity (Wildman–Crippen MR) is 97.7 cm³/mol. The third-order valence-electron chi connectivity index (χ3n) is 1.54. The van der Waals surface area contributed by atoms with Gasteiger partial charge in [-0.05, 0) is 46.6 Å². The summed E-state index contributed by atoms with van der Waals surface area (Å²) in [4.78, 5) is 0. The van der Waals surface area contributed by atoms with E-state index in [0.717, 1.165) is 0 Å². The summed E-state index contributed by atoms with van der Waals surface area (Å²) in [6.45, 7) is 14.4. The van der Waals surface area contributed by atoms with E-state index in [1.807, 2.05) is 26.9 Å². The fourth-order valence-corrected chi connectivity index (χ4v) is 4.30. The van der Waals surface area contributed by atoms with Gasteiger partial charge in [-0.15, -0.1) is 0 Å². The lowest BCUT2D eigenvalue weighted by atomic mass is 10.4. The Labute approximate surface area is 127 Å². The van der Waals surface area contributed by atoms with E-state index in [2.05, 4.69) is 19.6 Å². The Kier molecular flexibility index (Phi) is 23.2. The number of hydrogen-bond donors (Lipinski definition) is 0. The van der Waals surface area contributed by atoms with Gasteiger partial charge in [-0.25, -0.2) is 0 Å². The van der Waals surface area contributed by atoms with Crippen molar-refractivity contribution in [2.75, 3.05) is 7.11 Å². The molecule has 0 aliphatic carbocycles. The first-order chi connectivity index (χ1) is 5.97. The average Bonchev–Trinajstić information content (AvgIpc) is 1.78. The van der Waals surface area contributed by atoms with Crippen LogP contribution in [0, 0.1) is 0 Å². The first-order valence-corrected chi connectivity index (χ1v) is 11.2. The number of hydrogen-bond acceptors (Lipinski definition) is 3. The van der Waals surface area contributed by atoms with Gasteiger partial charge in [0.25, 0.3) is 0 Å². The summed E-state index contributed by atoms with van der Waals surface area (Å²) >= 11 is 0. The Hall–Kier alpha value is 0.314. The summed E-state index contributed by atoms with van der Waals surface area (Å²) in [5.41, 5.74) is 0. The molecule has 0 rings (SSSR count). The predicted octanol–water partition coefficient (Wildman–Crippen LogP) is 6.12. The molecular formula is C14H44O3Si2. The van der Waals surface area contributed by atoms with Crippen LogP contribution in [0.2, 0.25) is 32.7 Å². The van der Waals surface area contributed by atoms with Crippen LogP contribution in [-0.4, -0.2) is 29.8 Å². The Morgan fingerprint density at radius 2 is 1.00 bits per heavy atom. The Morgan fingerprint density at radius 1 is 0.684 bits per heavy atom. The van der Waals surface area contributed by atoms with Crippen LogP contribution in [0.25, 0.3) is 0 Å². The number of rotatable bonds is 5. The molecule has 5 heteroatoms. The van der Waals surface area contributed by atoms with Crippen LogP contribution >= 0.6 is 0 Å².